The average Bonchev–Trinajstić information content (AvgIpc) is 2.70. The number of carboxylic acid groups (broad SMARTS) is 1. The zero-order valence-electron chi connectivity index (χ0n) is 19.6. The van der Waals surface area contributed by atoms with Gasteiger partial charge in [-0.2, -0.15) is 92.2 Å². The third-order valence-corrected chi connectivity index (χ3v) is 5.39. The molecule has 41 heavy (non-hydrogen) atoms. The Balaban J connectivity index is 6.70. The van der Waals surface area contributed by atoms with Crippen LogP contribution in [0.3, 0.4) is 0 Å². The van der Waals surface area contributed by atoms with Crippen molar-refractivity contribution in [3.05, 3.63) is 0 Å². The number of hydrogen-bond donors (Lipinski definition) is 1. The summed E-state index contributed by atoms with van der Waals surface area (Å²) in [5, 5.41) is 8.57. The average molecular weight is 664 g/mol. The van der Waals surface area contributed by atoms with Crippen LogP contribution >= 0.6 is 0 Å². The van der Waals surface area contributed by atoms with E-state index in [4.69, 9.17) is 5.11 Å². The van der Waals surface area contributed by atoms with Crippen molar-refractivity contribution in [1.82, 2.24) is 0 Å². The molecule has 246 valence electrons. The smallest absolute Gasteiger partial charge is 0.460 e. The van der Waals surface area contributed by atoms with Crippen molar-refractivity contribution in [2.45, 2.75) is 72.3 Å². The Labute approximate surface area is 213 Å². The molecule has 0 heterocycles. The topological polar surface area (TPSA) is 37.3 Å². The Morgan fingerprint density at radius 1 is 0.512 bits per heavy atom. The van der Waals surface area contributed by atoms with Gasteiger partial charge in [-0.05, 0) is 0 Å². The highest BCUT2D eigenvalue weighted by Gasteiger charge is 2.97. The first-order valence-electron chi connectivity index (χ1n) is 9.88. The van der Waals surface area contributed by atoms with E-state index in [1.54, 1.807) is 0 Å². The zero-order valence-corrected chi connectivity index (χ0v) is 19.6. The first-order chi connectivity index (χ1) is 17.4. The summed E-state index contributed by atoms with van der Waals surface area (Å²) in [7, 11) is 1.79. The first kappa shape index (κ1) is 39.0. The molecule has 0 rings (SSSR count). The molecule has 0 aromatic heterocycles. The third kappa shape index (κ3) is 5.80. The first-order valence-corrected chi connectivity index (χ1v) is 9.88. The van der Waals surface area contributed by atoms with E-state index in [2.05, 4.69) is 0 Å². The van der Waals surface area contributed by atoms with Crippen LogP contribution in [0.4, 0.5) is 92.2 Å². The van der Waals surface area contributed by atoms with E-state index in [1.807, 2.05) is 0 Å². The summed E-state index contributed by atoms with van der Waals surface area (Å²) in [4.78, 5) is 10.6. The lowest BCUT2D eigenvalue weighted by molar-refractivity contribution is -0.883. The van der Waals surface area contributed by atoms with Gasteiger partial charge in [0, 0.05) is 12.8 Å². The Hall–Kier alpha value is -2.04. The number of aliphatic carboxylic acids is 1. The number of alkyl halides is 21. The number of nitrogens with zero attached hydrogens (tertiary/aromatic N) is 1. The SMILES string of the molecule is C[N+](C)(CCCC(F)(F)C(F)(F)C(F)(F)C(F)(F)C(F)(F)C(F)(F)C(F)(F)C(F)(F)C(F)(F)C(F)(F)F)CC(=O)O. The number of halogens is 21. The van der Waals surface area contributed by atoms with E-state index >= 15 is 0 Å². The summed E-state index contributed by atoms with van der Waals surface area (Å²) in [5.74, 6) is -78.8. The molecular weight excluding hydrogens is 649 g/mol. The molecule has 0 amide bonds. The van der Waals surface area contributed by atoms with Gasteiger partial charge in [-0.3, -0.25) is 0 Å². The van der Waals surface area contributed by atoms with Crippen molar-refractivity contribution in [1.29, 1.82) is 0 Å². The van der Waals surface area contributed by atoms with Crippen LogP contribution in [0.5, 0.6) is 0 Å². The summed E-state index contributed by atoms with van der Waals surface area (Å²) >= 11 is 0. The molecule has 0 aromatic carbocycles. The number of likely N-dealkylation sites (N-methyl/N-ethyl adjacent to an activating group) is 1. The molecule has 0 aromatic rings. The Kier molecular flexibility index (Phi) is 9.79. The molecule has 1 N–H and O–H groups in total. The highest BCUT2D eigenvalue weighted by atomic mass is 19.4. The van der Waals surface area contributed by atoms with Gasteiger partial charge in [0.15, 0.2) is 6.54 Å². The van der Waals surface area contributed by atoms with Gasteiger partial charge in [0.1, 0.15) is 0 Å². The molecule has 24 heteroatoms. The minimum absolute atomic E-state index is 0.897. The molecule has 0 atom stereocenters. The monoisotopic (exact) mass is 664 g/mol. The summed E-state index contributed by atoms with van der Waals surface area (Å²) in [6.07, 6.45) is -12.3. The quantitative estimate of drug-likeness (QED) is 0.158. The minimum atomic E-state index is -9.20. The van der Waals surface area contributed by atoms with Crippen molar-refractivity contribution >= 4 is 5.97 Å². The predicted octanol–water partition coefficient (Wildman–Crippen LogP) is 7.21. The van der Waals surface area contributed by atoms with E-state index in [0.29, 0.717) is 0 Å². The minimum Gasteiger partial charge on any atom is -0.477 e. The van der Waals surface area contributed by atoms with Crippen molar-refractivity contribution in [3.63, 3.8) is 0 Å². The normalized spacial score (nSPS) is 16.3. The number of quaternary nitrogens is 1. The lowest BCUT2D eigenvalue weighted by Crippen LogP contribution is -2.76. The van der Waals surface area contributed by atoms with Gasteiger partial charge >= 0.3 is 65.4 Å². The fourth-order valence-corrected chi connectivity index (χ4v) is 2.92. The van der Waals surface area contributed by atoms with Gasteiger partial charge in [0.2, 0.25) is 0 Å². The maximum atomic E-state index is 13.8. The number of rotatable bonds is 14. The second-order valence-corrected chi connectivity index (χ2v) is 9.11. The van der Waals surface area contributed by atoms with Gasteiger partial charge in [0.05, 0.1) is 20.6 Å². The Morgan fingerprint density at radius 2 is 0.780 bits per heavy atom. The molecule has 0 bridgehead atoms. The maximum Gasteiger partial charge on any atom is 0.460 e. The van der Waals surface area contributed by atoms with E-state index in [-0.39, 0.29) is 0 Å². The van der Waals surface area contributed by atoms with Crippen molar-refractivity contribution in [2.75, 3.05) is 27.2 Å². The molecular formula is C17H15F21NO2+. The maximum absolute atomic E-state index is 13.8. The molecule has 0 fully saturated rings. The second-order valence-electron chi connectivity index (χ2n) is 9.11. The summed E-state index contributed by atoms with van der Waals surface area (Å²) in [5.41, 5.74) is 0. The van der Waals surface area contributed by atoms with Gasteiger partial charge in [-0.15, -0.1) is 0 Å². The highest BCUT2D eigenvalue weighted by Crippen LogP contribution is 2.66. The van der Waals surface area contributed by atoms with Crippen LogP contribution < -0.4 is 0 Å². The summed E-state index contributed by atoms with van der Waals surface area (Å²) in [6.45, 7) is -1.95. The Morgan fingerprint density at radius 3 is 1.05 bits per heavy atom. The standard InChI is InChI=1S/C17H14F21NO2/c1-39(2,6-7(40)41)5-3-4-8(18,19)9(20,21)10(22,23)11(24,25)12(26,27)13(28,29)14(30,31)15(32,33)16(34,35)17(36,37)38/h3-6H2,1-2H3/p+1. The number of carbonyl (C=O) groups is 1. The van der Waals surface area contributed by atoms with Crippen LogP contribution in [0.25, 0.3) is 0 Å². The summed E-state index contributed by atoms with van der Waals surface area (Å²) < 4.78 is 279. The molecule has 3 nitrogen and oxygen atoms in total. The fraction of sp³-hybridized carbons (Fsp3) is 0.941. The Bertz CT molecular complexity index is 952. The zero-order chi connectivity index (χ0) is 33.9. The van der Waals surface area contributed by atoms with Crippen LogP contribution in [-0.4, -0.2) is 102 Å². The van der Waals surface area contributed by atoms with Gasteiger partial charge in [-0.1, -0.05) is 0 Å². The molecule has 0 spiro atoms. The molecule has 0 aliphatic carbocycles. The second kappa shape index (κ2) is 10.3. The van der Waals surface area contributed by atoms with Gasteiger partial charge < -0.3 is 9.59 Å². The number of carboxylic acids is 1. The van der Waals surface area contributed by atoms with Crippen LogP contribution in [0.2, 0.25) is 0 Å². The molecule has 0 saturated carbocycles. The van der Waals surface area contributed by atoms with Crippen molar-refractivity contribution < 1.29 is 107 Å². The van der Waals surface area contributed by atoms with E-state index < -0.39 is 95.9 Å². The molecule has 0 aliphatic rings. The third-order valence-electron chi connectivity index (χ3n) is 5.39. The molecule has 0 saturated heterocycles. The van der Waals surface area contributed by atoms with Crippen LogP contribution in [-0.2, 0) is 4.79 Å². The largest absolute Gasteiger partial charge is 0.477 e. The van der Waals surface area contributed by atoms with Crippen molar-refractivity contribution in [3.8, 4) is 0 Å². The van der Waals surface area contributed by atoms with Gasteiger partial charge in [0.25, 0.3) is 0 Å². The van der Waals surface area contributed by atoms with Crippen LogP contribution in [0.1, 0.15) is 12.8 Å². The van der Waals surface area contributed by atoms with Crippen LogP contribution in [0.15, 0.2) is 0 Å². The molecule has 0 radical (unpaired) electrons. The highest BCUT2D eigenvalue weighted by molar-refractivity contribution is 5.67. The number of hydrogen-bond acceptors (Lipinski definition) is 1. The van der Waals surface area contributed by atoms with Gasteiger partial charge in [-0.25, -0.2) is 4.79 Å². The molecule has 0 unspecified atom stereocenters. The van der Waals surface area contributed by atoms with E-state index in [9.17, 15) is 97.0 Å². The fourth-order valence-electron chi connectivity index (χ4n) is 2.92. The lowest BCUT2D eigenvalue weighted by Gasteiger charge is -2.44. The summed E-state index contributed by atoms with van der Waals surface area (Å²) in [6, 6.07) is 0. The van der Waals surface area contributed by atoms with E-state index in [0.717, 1.165) is 14.1 Å². The van der Waals surface area contributed by atoms with Crippen molar-refractivity contribution in [2.24, 2.45) is 0 Å². The lowest BCUT2D eigenvalue weighted by atomic mass is 9.85. The van der Waals surface area contributed by atoms with E-state index in [1.165, 1.54) is 0 Å². The van der Waals surface area contributed by atoms with Crippen LogP contribution in [0, 0.1) is 0 Å². The predicted molar refractivity (Wildman–Crippen MR) is 89.3 cm³/mol. The molecule has 0 aliphatic heterocycles.